The third-order valence-corrected chi connectivity index (χ3v) is 2.49. The van der Waals surface area contributed by atoms with Crippen LogP contribution >= 0.6 is 0 Å². The van der Waals surface area contributed by atoms with Crippen molar-refractivity contribution in [3.05, 3.63) is 66.0 Å². The van der Waals surface area contributed by atoms with Crippen LogP contribution in [0, 0.1) is 12.7 Å². The summed E-state index contributed by atoms with van der Waals surface area (Å²) in [6, 6.07) is 12.7. The first-order chi connectivity index (χ1) is 7.69. The molecule has 0 N–H and O–H groups in total. The van der Waals surface area contributed by atoms with Gasteiger partial charge in [0.1, 0.15) is 5.82 Å². The lowest BCUT2D eigenvalue weighted by Crippen LogP contribution is -1.83. The monoisotopic (exact) mass is 212 g/mol. The highest BCUT2D eigenvalue weighted by atomic mass is 19.1. The van der Waals surface area contributed by atoms with Crippen LogP contribution in [0.3, 0.4) is 0 Å². The van der Waals surface area contributed by atoms with Gasteiger partial charge in [0, 0.05) is 0 Å². The molecule has 0 saturated heterocycles. The second-order valence-electron chi connectivity index (χ2n) is 3.85. The second-order valence-corrected chi connectivity index (χ2v) is 3.85. The first kappa shape index (κ1) is 10.6. The van der Waals surface area contributed by atoms with Crippen LogP contribution in [-0.4, -0.2) is 0 Å². The summed E-state index contributed by atoms with van der Waals surface area (Å²) in [4.78, 5) is 0. The minimum atomic E-state index is -0.209. The van der Waals surface area contributed by atoms with E-state index in [-0.39, 0.29) is 5.82 Å². The number of hydrogen-bond donors (Lipinski definition) is 0. The molecule has 16 heavy (non-hydrogen) atoms. The zero-order chi connectivity index (χ0) is 11.5. The van der Waals surface area contributed by atoms with E-state index in [0.717, 1.165) is 22.3 Å². The highest BCUT2D eigenvalue weighted by Crippen LogP contribution is 2.23. The summed E-state index contributed by atoms with van der Waals surface area (Å²) in [6.07, 6.45) is 1.80. The van der Waals surface area contributed by atoms with Gasteiger partial charge in [-0.2, -0.15) is 0 Å². The third kappa shape index (κ3) is 2.19. The standard InChI is InChI=1S/C15H13F/c1-3-12-7-11(2)8-14(9-12)13-5-4-6-15(16)10-13/h3-10H,1H2,2H3. The van der Waals surface area contributed by atoms with E-state index in [1.165, 1.54) is 6.07 Å². The quantitative estimate of drug-likeness (QED) is 0.690. The van der Waals surface area contributed by atoms with Gasteiger partial charge in [-0.3, -0.25) is 0 Å². The molecule has 0 nitrogen and oxygen atoms in total. The van der Waals surface area contributed by atoms with Gasteiger partial charge in [-0.25, -0.2) is 4.39 Å². The molecule has 2 aromatic carbocycles. The zero-order valence-electron chi connectivity index (χ0n) is 9.20. The molecule has 0 aliphatic heterocycles. The van der Waals surface area contributed by atoms with Crippen molar-refractivity contribution in [3.63, 3.8) is 0 Å². The summed E-state index contributed by atoms with van der Waals surface area (Å²) in [5, 5.41) is 0. The van der Waals surface area contributed by atoms with Gasteiger partial charge < -0.3 is 0 Å². The Labute approximate surface area is 95.1 Å². The largest absolute Gasteiger partial charge is 0.207 e. The Kier molecular flexibility index (Phi) is 2.86. The molecule has 0 aliphatic rings. The summed E-state index contributed by atoms with van der Waals surface area (Å²) in [6.45, 7) is 5.77. The Morgan fingerprint density at radius 1 is 1.06 bits per heavy atom. The highest BCUT2D eigenvalue weighted by molar-refractivity contribution is 5.68. The molecule has 0 radical (unpaired) electrons. The summed E-state index contributed by atoms with van der Waals surface area (Å²) in [7, 11) is 0. The predicted molar refractivity (Wildman–Crippen MR) is 66.7 cm³/mol. The summed E-state index contributed by atoms with van der Waals surface area (Å²) in [5.41, 5.74) is 4.12. The molecule has 0 unspecified atom stereocenters. The molecule has 2 aromatic rings. The fourth-order valence-corrected chi connectivity index (χ4v) is 1.77. The molecule has 0 amide bonds. The smallest absolute Gasteiger partial charge is 0.123 e. The van der Waals surface area contributed by atoms with E-state index in [4.69, 9.17) is 0 Å². The van der Waals surface area contributed by atoms with Crippen molar-refractivity contribution in [2.45, 2.75) is 6.92 Å². The van der Waals surface area contributed by atoms with E-state index in [1.807, 2.05) is 25.1 Å². The molecular weight excluding hydrogens is 199 g/mol. The molecule has 0 bridgehead atoms. The van der Waals surface area contributed by atoms with E-state index < -0.39 is 0 Å². The van der Waals surface area contributed by atoms with Crippen LogP contribution < -0.4 is 0 Å². The van der Waals surface area contributed by atoms with Gasteiger partial charge in [-0.05, 0) is 47.4 Å². The average Bonchev–Trinajstić information content (AvgIpc) is 2.28. The van der Waals surface area contributed by atoms with Crippen molar-refractivity contribution >= 4 is 6.08 Å². The number of aryl methyl sites for hydroxylation is 1. The third-order valence-electron chi connectivity index (χ3n) is 2.49. The van der Waals surface area contributed by atoms with Gasteiger partial charge in [-0.15, -0.1) is 0 Å². The molecule has 0 aliphatic carbocycles. The maximum Gasteiger partial charge on any atom is 0.123 e. The maximum atomic E-state index is 13.1. The Morgan fingerprint density at radius 2 is 1.88 bits per heavy atom. The van der Waals surface area contributed by atoms with Gasteiger partial charge >= 0.3 is 0 Å². The van der Waals surface area contributed by atoms with Gasteiger partial charge in [0.15, 0.2) is 0 Å². The van der Waals surface area contributed by atoms with Crippen molar-refractivity contribution in [1.82, 2.24) is 0 Å². The highest BCUT2D eigenvalue weighted by Gasteiger charge is 2.01. The van der Waals surface area contributed by atoms with Gasteiger partial charge in [-0.1, -0.05) is 36.9 Å². The normalized spacial score (nSPS) is 10.1. The summed E-state index contributed by atoms with van der Waals surface area (Å²) in [5.74, 6) is -0.209. The molecule has 0 aromatic heterocycles. The topological polar surface area (TPSA) is 0 Å². The second kappa shape index (κ2) is 4.31. The number of hydrogen-bond acceptors (Lipinski definition) is 0. The Bertz CT molecular complexity index is 527. The van der Waals surface area contributed by atoms with Crippen molar-refractivity contribution in [3.8, 4) is 11.1 Å². The molecule has 0 fully saturated rings. The lowest BCUT2D eigenvalue weighted by molar-refractivity contribution is 0.628. The Hall–Kier alpha value is -1.89. The van der Waals surface area contributed by atoms with Crippen LogP contribution in [0.5, 0.6) is 0 Å². The molecule has 0 heterocycles. The number of benzene rings is 2. The molecule has 0 saturated carbocycles. The minimum absolute atomic E-state index is 0.209. The molecule has 2 rings (SSSR count). The summed E-state index contributed by atoms with van der Waals surface area (Å²) >= 11 is 0. The van der Waals surface area contributed by atoms with Crippen LogP contribution in [-0.2, 0) is 0 Å². The van der Waals surface area contributed by atoms with Crippen molar-refractivity contribution in [2.24, 2.45) is 0 Å². The first-order valence-electron chi connectivity index (χ1n) is 5.19. The van der Waals surface area contributed by atoms with Crippen molar-refractivity contribution in [2.75, 3.05) is 0 Å². The molecular formula is C15H13F. The van der Waals surface area contributed by atoms with E-state index >= 15 is 0 Å². The lowest BCUT2D eigenvalue weighted by Gasteiger charge is -2.05. The maximum absolute atomic E-state index is 13.1. The van der Waals surface area contributed by atoms with Crippen LogP contribution in [0.1, 0.15) is 11.1 Å². The van der Waals surface area contributed by atoms with Gasteiger partial charge in [0.2, 0.25) is 0 Å². The van der Waals surface area contributed by atoms with Crippen molar-refractivity contribution in [1.29, 1.82) is 0 Å². The van der Waals surface area contributed by atoms with Crippen LogP contribution in [0.4, 0.5) is 4.39 Å². The van der Waals surface area contributed by atoms with E-state index in [1.54, 1.807) is 18.2 Å². The fourth-order valence-electron chi connectivity index (χ4n) is 1.77. The van der Waals surface area contributed by atoms with Crippen molar-refractivity contribution < 1.29 is 4.39 Å². The first-order valence-corrected chi connectivity index (χ1v) is 5.19. The zero-order valence-corrected chi connectivity index (χ0v) is 9.20. The van der Waals surface area contributed by atoms with E-state index in [2.05, 4.69) is 12.6 Å². The van der Waals surface area contributed by atoms with E-state index in [9.17, 15) is 4.39 Å². The number of halogens is 1. The molecule has 0 spiro atoms. The Morgan fingerprint density at radius 3 is 2.56 bits per heavy atom. The fraction of sp³-hybridized carbons (Fsp3) is 0.0667. The number of rotatable bonds is 2. The van der Waals surface area contributed by atoms with Gasteiger partial charge in [0.05, 0.1) is 0 Å². The minimum Gasteiger partial charge on any atom is -0.207 e. The molecule has 80 valence electrons. The SMILES string of the molecule is C=Cc1cc(C)cc(-c2cccc(F)c2)c1. The Balaban J connectivity index is 2.55. The van der Waals surface area contributed by atoms with Crippen LogP contribution in [0.2, 0.25) is 0 Å². The molecule has 0 atom stereocenters. The van der Waals surface area contributed by atoms with E-state index in [0.29, 0.717) is 0 Å². The summed E-state index contributed by atoms with van der Waals surface area (Å²) < 4.78 is 13.1. The predicted octanol–water partition coefficient (Wildman–Crippen LogP) is 4.44. The average molecular weight is 212 g/mol. The lowest BCUT2D eigenvalue weighted by atomic mass is 10.0. The van der Waals surface area contributed by atoms with Gasteiger partial charge in [0.25, 0.3) is 0 Å². The van der Waals surface area contributed by atoms with Crippen LogP contribution in [0.25, 0.3) is 17.2 Å². The molecule has 1 heteroatoms. The van der Waals surface area contributed by atoms with Crippen LogP contribution in [0.15, 0.2) is 49.0 Å².